The van der Waals surface area contributed by atoms with Gasteiger partial charge in [0.05, 0.1) is 6.42 Å². The molecule has 0 radical (unpaired) electrons. The third-order valence-electron chi connectivity index (χ3n) is 5.01. The van der Waals surface area contributed by atoms with Crippen LogP contribution in [0.4, 0.5) is 5.82 Å². The Hall–Kier alpha value is -2.20. The molecule has 0 bridgehead atoms. The van der Waals surface area contributed by atoms with Gasteiger partial charge in [-0.3, -0.25) is 0 Å². The summed E-state index contributed by atoms with van der Waals surface area (Å²) in [6, 6.07) is 10.1. The quantitative estimate of drug-likeness (QED) is 0.578. The summed E-state index contributed by atoms with van der Waals surface area (Å²) < 4.78 is 1.57. The molecule has 0 aliphatic carbocycles. The first-order valence-corrected chi connectivity index (χ1v) is 10.1. The summed E-state index contributed by atoms with van der Waals surface area (Å²) >= 11 is 6.15. The van der Waals surface area contributed by atoms with Crippen molar-refractivity contribution < 1.29 is 9.37 Å². The molecule has 1 aliphatic heterocycles. The van der Waals surface area contributed by atoms with Gasteiger partial charge in [-0.15, -0.1) is 0 Å². The maximum atomic E-state index is 12.4. The van der Waals surface area contributed by atoms with Crippen LogP contribution >= 0.6 is 11.6 Å². The number of nitrogens with one attached hydrogen (secondary N) is 1. The highest BCUT2D eigenvalue weighted by Gasteiger charge is 2.16. The minimum Gasteiger partial charge on any atom is -0.370 e. The third kappa shape index (κ3) is 5.16. The summed E-state index contributed by atoms with van der Waals surface area (Å²) in [7, 11) is 0. The van der Waals surface area contributed by atoms with Crippen molar-refractivity contribution in [1.82, 2.24) is 4.98 Å². The molecule has 3 rings (SSSR count). The predicted octanol–water partition coefficient (Wildman–Crippen LogP) is 4.07. The number of rotatable bonds is 7. The first kappa shape index (κ1) is 19.6. The zero-order valence-corrected chi connectivity index (χ0v) is 16.7. The van der Waals surface area contributed by atoms with E-state index in [1.807, 2.05) is 18.2 Å². The fourth-order valence-corrected chi connectivity index (χ4v) is 3.63. The minimum absolute atomic E-state index is 0.0273. The average Bonchev–Trinajstić information content (AvgIpc) is 2.69. The number of benzene rings is 1. The van der Waals surface area contributed by atoms with Crippen LogP contribution in [0.1, 0.15) is 42.1 Å². The van der Waals surface area contributed by atoms with Gasteiger partial charge in [0, 0.05) is 23.7 Å². The lowest BCUT2D eigenvalue weighted by Crippen LogP contribution is -2.23. The second kappa shape index (κ2) is 9.14. The van der Waals surface area contributed by atoms with E-state index in [1.165, 1.54) is 12.0 Å². The smallest absolute Gasteiger partial charge is 0.370 e. The molecular weight excluding hydrogens is 358 g/mol. The van der Waals surface area contributed by atoms with Crippen LogP contribution in [-0.2, 0) is 30.5 Å². The molecule has 2 heterocycles. The van der Waals surface area contributed by atoms with E-state index in [-0.39, 0.29) is 5.91 Å². The highest BCUT2D eigenvalue weighted by molar-refractivity contribution is 6.31. The summed E-state index contributed by atoms with van der Waals surface area (Å²) in [5, 5.41) is 4.12. The molecule has 1 amide bonds. The number of hydrogen-bond donors (Lipinski definition) is 1. The van der Waals surface area contributed by atoms with E-state index < -0.39 is 0 Å². The Morgan fingerprint density at radius 3 is 3.00 bits per heavy atom. The number of halogens is 1. The van der Waals surface area contributed by atoms with Crippen molar-refractivity contribution in [2.75, 3.05) is 18.4 Å². The molecule has 1 aromatic carbocycles. The van der Waals surface area contributed by atoms with E-state index in [9.17, 15) is 4.79 Å². The van der Waals surface area contributed by atoms with Gasteiger partial charge in [0.25, 0.3) is 0 Å². The predicted molar refractivity (Wildman–Crippen MR) is 111 cm³/mol. The zero-order chi connectivity index (χ0) is 19.2. The molecule has 1 aromatic heterocycles. The summed E-state index contributed by atoms with van der Waals surface area (Å²) in [4.78, 5) is 17.1. The van der Waals surface area contributed by atoms with E-state index in [1.54, 1.807) is 4.58 Å². The summed E-state index contributed by atoms with van der Waals surface area (Å²) in [6.07, 6.45) is 5.17. The fraction of sp³-hybridized carbons (Fsp3) is 0.409. The van der Waals surface area contributed by atoms with Crippen LogP contribution in [0.15, 0.2) is 30.3 Å². The second-order valence-corrected chi connectivity index (χ2v) is 7.46. The zero-order valence-electron chi connectivity index (χ0n) is 15.9. The maximum Gasteiger partial charge on any atom is 0.390 e. The number of anilines is 1. The molecule has 4 nitrogen and oxygen atoms in total. The molecule has 2 aromatic rings. The highest BCUT2D eigenvalue weighted by Crippen LogP contribution is 2.20. The number of hydrogen-bond acceptors (Lipinski definition) is 3. The van der Waals surface area contributed by atoms with E-state index in [0.717, 1.165) is 59.9 Å². The first-order chi connectivity index (χ1) is 13.1. The minimum atomic E-state index is 0.0273. The number of pyridine rings is 1. The lowest BCUT2D eigenvalue weighted by molar-refractivity contribution is -0.441. The number of nitrogens with zero attached hydrogens (tertiary/aromatic N) is 2. The molecule has 0 spiro atoms. The van der Waals surface area contributed by atoms with Crippen LogP contribution in [0.5, 0.6) is 0 Å². The largest absolute Gasteiger partial charge is 0.390 e. The number of carbonyl (C=O) groups is 1. The lowest BCUT2D eigenvalue weighted by Gasteiger charge is -2.17. The Balaban J connectivity index is 1.49. The molecule has 0 unspecified atom stereocenters. The van der Waals surface area contributed by atoms with Crippen LogP contribution < -0.4 is 5.32 Å². The Morgan fingerprint density at radius 1 is 1.33 bits per heavy atom. The average molecular weight is 385 g/mol. The van der Waals surface area contributed by atoms with Gasteiger partial charge in [0.15, 0.2) is 6.54 Å². The molecule has 5 heteroatoms. The Labute approximate surface area is 166 Å². The van der Waals surface area contributed by atoms with Crippen molar-refractivity contribution in [3.05, 3.63) is 57.7 Å². The molecule has 0 atom stereocenters. The van der Waals surface area contributed by atoms with E-state index in [2.05, 4.69) is 31.1 Å². The first-order valence-electron chi connectivity index (χ1n) is 9.67. The molecule has 0 saturated carbocycles. The molecule has 142 valence electrons. The van der Waals surface area contributed by atoms with Gasteiger partial charge in [-0.25, -0.2) is 9.78 Å². The van der Waals surface area contributed by atoms with Gasteiger partial charge in [-0.2, -0.15) is 4.58 Å². The van der Waals surface area contributed by atoms with Gasteiger partial charge in [0.1, 0.15) is 12.5 Å². The standard InChI is InChI=1S/C22H27ClN3O/c1-3-17-14-16(8-11-20(17)23)15-21(27)26(2)13-5-7-19-10-9-18-6-4-12-24-22(18)25-19/h8-11,14H,2-7,12-13,15H2,1H3,(H,24,25)/q+1. The van der Waals surface area contributed by atoms with Crippen molar-refractivity contribution in [3.63, 3.8) is 0 Å². The number of aryl methyl sites for hydroxylation is 3. The van der Waals surface area contributed by atoms with Gasteiger partial charge in [-0.05, 0) is 54.5 Å². The van der Waals surface area contributed by atoms with Crippen LogP contribution in [0, 0.1) is 0 Å². The van der Waals surface area contributed by atoms with Crippen LogP contribution in [-0.4, -0.2) is 35.3 Å². The van der Waals surface area contributed by atoms with Crippen molar-refractivity contribution >= 4 is 30.0 Å². The lowest BCUT2D eigenvalue weighted by atomic mass is 10.1. The summed E-state index contributed by atoms with van der Waals surface area (Å²) in [5.74, 6) is 1.05. The molecule has 0 fully saturated rings. The van der Waals surface area contributed by atoms with Gasteiger partial charge in [-0.1, -0.05) is 36.7 Å². The number of aromatic nitrogens is 1. The van der Waals surface area contributed by atoms with Crippen molar-refractivity contribution in [3.8, 4) is 0 Å². The Bertz CT molecular complexity index is 847. The topological polar surface area (TPSA) is 45.0 Å². The Kier molecular flexibility index (Phi) is 6.62. The SMILES string of the molecule is C=[N+](CCCc1ccc2c(n1)NCCC2)C(=O)Cc1ccc(Cl)c(CC)c1. The van der Waals surface area contributed by atoms with E-state index in [4.69, 9.17) is 16.6 Å². The number of carbonyl (C=O) groups excluding carboxylic acids is 1. The normalized spacial score (nSPS) is 13.0. The van der Waals surface area contributed by atoms with E-state index in [0.29, 0.717) is 13.0 Å². The van der Waals surface area contributed by atoms with Crippen molar-refractivity contribution in [2.24, 2.45) is 0 Å². The van der Waals surface area contributed by atoms with Crippen molar-refractivity contribution in [2.45, 2.75) is 45.4 Å². The van der Waals surface area contributed by atoms with Crippen LogP contribution in [0.3, 0.4) is 0 Å². The van der Waals surface area contributed by atoms with Crippen LogP contribution in [0.2, 0.25) is 5.02 Å². The number of fused-ring (bicyclic) bond motifs is 1. The van der Waals surface area contributed by atoms with Crippen molar-refractivity contribution in [1.29, 1.82) is 0 Å². The monoisotopic (exact) mass is 384 g/mol. The van der Waals surface area contributed by atoms with Gasteiger partial charge >= 0.3 is 5.91 Å². The maximum absolute atomic E-state index is 12.4. The molecule has 1 aliphatic rings. The summed E-state index contributed by atoms with van der Waals surface area (Å²) in [6.45, 7) is 7.60. The summed E-state index contributed by atoms with van der Waals surface area (Å²) in [5.41, 5.74) is 4.42. The number of amides is 1. The fourth-order valence-electron chi connectivity index (χ4n) is 3.38. The highest BCUT2D eigenvalue weighted by atomic mass is 35.5. The van der Waals surface area contributed by atoms with Gasteiger partial charge in [0.2, 0.25) is 0 Å². The molecule has 1 N–H and O–H groups in total. The van der Waals surface area contributed by atoms with Crippen LogP contribution in [0.25, 0.3) is 0 Å². The molecule has 0 saturated heterocycles. The Morgan fingerprint density at radius 2 is 2.19 bits per heavy atom. The van der Waals surface area contributed by atoms with Gasteiger partial charge < -0.3 is 5.32 Å². The molecule has 27 heavy (non-hydrogen) atoms. The third-order valence-corrected chi connectivity index (χ3v) is 5.38. The molecular formula is C22H27ClN3O+. The second-order valence-electron chi connectivity index (χ2n) is 7.06. The van der Waals surface area contributed by atoms with E-state index >= 15 is 0 Å².